The molecule has 1 aromatic rings. The van der Waals surface area contributed by atoms with Gasteiger partial charge >= 0.3 is 0 Å². The first kappa shape index (κ1) is 9.40. The molecule has 0 unspecified atom stereocenters. The number of halogens is 1. The molecule has 0 radical (unpaired) electrons. The molecule has 1 fully saturated rings. The third-order valence-electron chi connectivity index (χ3n) is 3.32. The van der Waals surface area contributed by atoms with E-state index >= 15 is 0 Å². The molecule has 1 spiro atoms. The maximum Gasteiger partial charge on any atom is 0.170 e. The van der Waals surface area contributed by atoms with Gasteiger partial charge in [0.05, 0.1) is 12.0 Å². The van der Waals surface area contributed by atoms with E-state index in [0.29, 0.717) is 6.42 Å². The van der Waals surface area contributed by atoms with E-state index in [-0.39, 0.29) is 11.4 Å². The van der Waals surface area contributed by atoms with Crippen molar-refractivity contribution < 1.29 is 9.53 Å². The highest BCUT2D eigenvalue weighted by atomic mass is 79.9. The smallest absolute Gasteiger partial charge is 0.170 e. The molecule has 0 atom stereocenters. The summed E-state index contributed by atoms with van der Waals surface area (Å²) in [4.78, 5) is 11.9. The van der Waals surface area contributed by atoms with Crippen molar-refractivity contribution in [1.29, 1.82) is 0 Å². The second-order valence-electron chi connectivity index (χ2n) is 4.38. The number of carbonyl (C=O) groups excluding carboxylic acids is 1. The van der Waals surface area contributed by atoms with E-state index < -0.39 is 0 Å². The average Bonchev–Trinajstić information content (AvgIpc) is 2.14. The van der Waals surface area contributed by atoms with Gasteiger partial charge in [0.25, 0.3) is 0 Å². The molecule has 0 N–H and O–H groups in total. The quantitative estimate of drug-likeness (QED) is 0.720. The number of hydrogen-bond acceptors (Lipinski definition) is 2. The third-order valence-corrected chi connectivity index (χ3v) is 3.81. The van der Waals surface area contributed by atoms with Gasteiger partial charge in [-0.2, -0.15) is 0 Å². The summed E-state index contributed by atoms with van der Waals surface area (Å²) < 4.78 is 6.92. The summed E-state index contributed by atoms with van der Waals surface area (Å²) in [5.41, 5.74) is 0.570. The first-order chi connectivity index (χ1) is 7.19. The molecule has 3 heteroatoms. The number of hydrogen-bond donors (Lipinski definition) is 0. The van der Waals surface area contributed by atoms with Crippen LogP contribution in [-0.2, 0) is 0 Å². The molecule has 0 saturated heterocycles. The van der Waals surface area contributed by atoms with E-state index in [1.165, 1.54) is 6.42 Å². The predicted molar refractivity (Wildman–Crippen MR) is 60.3 cm³/mol. The standard InChI is InChI=1S/C12H11BrO2/c13-8-2-3-9-10(14)7-12(4-1-5-12)15-11(9)6-8/h2-3,6H,1,4-5,7H2. The maximum atomic E-state index is 11.9. The number of benzene rings is 1. The van der Waals surface area contributed by atoms with E-state index in [1.54, 1.807) is 0 Å². The normalized spacial score (nSPS) is 21.8. The molecule has 1 heterocycles. The minimum atomic E-state index is -0.162. The van der Waals surface area contributed by atoms with E-state index in [1.807, 2.05) is 18.2 Å². The minimum Gasteiger partial charge on any atom is -0.486 e. The number of ketones is 1. The van der Waals surface area contributed by atoms with E-state index in [0.717, 1.165) is 28.6 Å². The Balaban J connectivity index is 2.05. The highest BCUT2D eigenvalue weighted by Crippen LogP contribution is 2.45. The highest BCUT2D eigenvalue weighted by molar-refractivity contribution is 9.10. The molecule has 1 saturated carbocycles. The molecule has 1 aliphatic heterocycles. The van der Waals surface area contributed by atoms with Gasteiger partial charge in [-0.3, -0.25) is 4.79 Å². The summed E-state index contributed by atoms with van der Waals surface area (Å²) >= 11 is 3.40. The van der Waals surface area contributed by atoms with E-state index in [4.69, 9.17) is 4.74 Å². The summed E-state index contributed by atoms with van der Waals surface area (Å²) in [7, 11) is 0. The molecule has 1 aliphatic carbocycles. The van der Waals surface area contributed by atoms with Gasteiger partial charge < -0.3 is 4.74 Å². The van der Waals surface area contributed by atoms with Crippen LogP contribution in [0.1, 0.15) is 36.0 Å². The van der Waals surface area contributed by atoms with Gasteiger partial charge in [0.1, 0.15) is 11.4 Å². The Morgan fingerprint density at radius 1 is 1.33 bits per heavy atom. The fourth-order valence-corrected chi connectivity index (χ4v) is 2.66. The van der Waals surface area contributed by atoms with Crippen molar-refractivity contribution in [3.8, 4) is 5.75 Å². The maximum absolute atomic E-state index is 11.9. The van der Waals surface area contributed by atoms with Crippen molar-refractivity contribution >= 4 is 21.7 Å². The van der Waals surface area contributed by atoms with E-state index in [2.05, 4.69) is 15.9 Å². The molecule has 0 bridgehead atoms. The second kappa shape index (κ2) is 3.08. The molecule has 0 amide bonds. The Morgan fingerprint density at radius 2 is 2.13 bits per heavy atom. The lowest BCUT2D eigenvalue weighted by Gasteiger charge is -2.44. The van der Waals surface area contributed by atoms with Crippen LogP contribution in [0, 0.1) is 0 Å². The van der Waals surface area contributed by atoms with Gasteiger partial charge in [-0.05, 0) is 37.5 Å². The first-order valence-electron chi connectivity index (χ1n) is 5.20. The van der Waals surface area contributed by atoms with Crippen LogP contribution in [0.4, 0.5) is 0 Å². The number of carbonyl (C=O) groups is 1. The lowest BCUT2D eigenvalue weighted by Crippen LogP contribution is -2.47. The summed E-state index contributed by atoms with van der Waals surface area (Å²) in [6.45, 7) is 0. The van der Waals surface area contributed by atoms with Crippen LogP contribution in [0.5, 0.6) is 5.75 Å². The van der Waals surface area contributed by atoms with Crippen LogP contribution in [0.25, 0.3) is 0 Å². The summed E-state index contributed by atoms with van der Waals surface area (Å²) in [6, 6.07) is 5.62. The Hall–Kier alpha value is -0.830. The lowest BCUT2D eigenvalue weighted by atomic mass is 9.74. The third kappa shape index (κ3) is 1.41. The van der Waals surface area contributed by atoms with Crippen molar-refractivity contribution in [3.05, 3.63) is 28.2 Å². The molecular formula is C12H11BrO2. The topological polar surface area (TPSA) is 26.3 Å². The Kier molecular flexibility index (Phi) is 1.93. The average molecular weight is 267 g/mol. The second-order valence-corrected chi connectivity index (χ2v) is 5.29. The number of fused-ring (bicyclic) bond motifs is 1. The monoisotopic (exact) mass is 266 g/mol. The molecular weight excluding hydrogens is 256 g/mol. The van der Waals surface area contributed by atoms with Crippen LogP contribution in [0.15, 0.2) is 22.7 Å². The van der Waals surface area contributed by atoms with Crippen LogP contribution >= 0.6 is 15.9 Å². The Morgan fingerprint density at radius 3 is 2.80 bits per heavy atom. The molecule has 0 aromatic heterocycles. The molecule has 1 aromatic carbocycles. The summed E-state index contributed by atoms with van der Waals surface area (Å²) in [6.07, 6.45) is 3.77. The van der Waals surface area contributed by atoms with Crippen molar-refractivity contribution in [2.24, 2.45) is 0 Å². The zero-order chi connectivity index (χ0) is 10.5. The SMILES string of the molecule is O=C1CC2(CCC2)Oc2cc(Br)ccc21. The van der Waals surface area contributed by atoms with Gasteiger partial charge in [0.15, 0.2) is 5.78 Å². The van der Waals surface area contributed by atoms with Gasteiger partial charge in [0.2, 0.25) is 0 Å². The summed E-state index contributed by atoms with van der Waals surface area (Å²) in [5, 5.41) is 0. The molecule has 2 aliphatic rings. The van der Waals surface area contributed by atoms with Gasteiger partial charge in [-0.25, -0.2) is 0 Å². The van der Waals surface area contributed by atoms with Crippen LogP contribution in [0.3, 0.4) is 0 Å². The predicted octanol–water partition coefficient (Wildman–Crippen LogP) is 3.34. The van der Waals surface area contributed by atoms with Gasteiger partial charge in [-0.1, -0.05) is 15.9 Å². The van der Waals surface area contributed by atoms with Crippen molar-refractivity contribution in [1.82, 2.24) is 0 Å². The molecule has 78 valence electrons. The largest absolute Gasteiger partial charge is 0.486 e. The van der Waals surface area contributed by atoms with Gasteiger partial charge in [0, 0.05) is 4.47 Å². The zero-order valence-electron chi connectivity index (χ0n) is 8.25. The van der Waals surface area contributed by atoms with Crippen molar-refractivity contribution in [2.75, 3.05) is 0 Å². The van der Waals surface area contributed by atoms with Crippen molar-refractivity contribution in [2.45, 2.75) is 31.3 Å². The van der Waals surface area contributed by atoms with Crippen molar-refractivity contribution in [3.63, 3.8) is 0 Å². The first-order valence-corrected chi connectivity index (χ1v) is 6.00. The van der Waals surface area contributed by atoms with Gasteiger partial charge in [-0.15, -0.1) is 0 Å². The highest BCUT2D eigenvalue weighted by Gasteiger charge is 2.45. The molecule has 3 rings (SSSR count). The van der Waals surface area contributed by atoms with Crippen LogP contribution < -0.4 is 4.74 Å². The van der Waals surface area contributed by atoms with Crippen LogP contribution in [0.2, 0.25) is 0 Å². The summed E-state index contributed by atoms with van der Waals surface area (Å²) in [5.74, 6) is 0.976. The Labute approximate surface area is 96.8 Å². The molecule has 15 heavy (non-hydrogen) atoms. The fourth-order valence-electron chi connectivity index (χ4n) is 2.32. The number of Topliss-reactive ketones (excluding diaryl/α,β-unsaturated/α-hetero) is 1. The Bertz CT molecular complexity index is 435. The number of rotatable bonds is 0. The zero-order valence-corrected chi connectivity index (χ0v) is 9.84. The van der Waals surface area contributed by atoms with Crippen LogP contribution in [-0.4, -0.2) is 11.4 Å². The van der Waals surface area contributed by atoms with E-state index in [9.17, 15) is 4.79 Å². The number of ether oxygens (including phenoxy) is 1. The fraction of sp³-hybridized carbons (Fsp3) is 0.417. The minimum absolute atomic E-state index is 0.162. The molecule has 2 nitrogen and oxygen atoms in total. The lowest BCUT2D eigenvalue weighted by molar-refractivity contribution is -0.0177.